The Hall–Kier alpha value is -0.940. The van der Waals surface area contributed by atoms with Crippen molar-refractivity contribution in [3.8, 4) is 0 Å². The third-order valence-electron chi connectivity index (χ3n) is 4.14. The van der Waals surface area contributed by atoms with Gasteiger partial charge in [-0.25, -0.2) is 0 Å². The molecule has 21 heavy (non-hydrogen) atoms. The largest absolute Gasteiger partial charge is 0.389 e. The van der Waals surface area contributed by atoms with Crippen molar-refractivity contribution >= 4 is 0 Å². The van der Waals surface area contributed by atoms with Gasteiger partial charge in [-0.1, -0.05) is 29.8 Å². The minimum Gasteiger partial charge on any atom is -0.389 e. The summed E-state index contributed by atoms with van der Waals surface area (Å²) < 4.78 is 0. The number of rotatable bonds is 5. The molecule has 0 aliphatic carbocycles. The van der Waals surface area contributed by atoms with Crippen LogP contribution in [0.15, 0.2) is 24.3 Å². The van der Waals surface area contributed by atoms with Gasteiger partial charge >= 0.3 is 0 Å². The van der Waals surface area contributed by atoms with E-state index in [0.29, 0.717) is 12.6 Å². The van der Waals surface area contributed by atoms with Crippen molar-refractivity contribution in [2.45, 2.75) is 32.4 Å². The van der Waals surface area contributed by atoms with Gasteiger partial charge in [-0.15, -0.1) is 0 Å². The lowest BCUT2D eigenvalue weighted by Gasteiger charge is -2.40. The summed E-state index contributed by atoms with van der Waals surface area (Å²) in [7, 11) is 0. The normalized spacial score (nSPS) is 19.7. The Morgan fingerprint density at radius 3 is 2.19 bits per heavy atom. The molecule has 4 nitrogen and oxygen atoms in total. The Morgan fingerprint density at radius 1 is 1.14 bits per heavy atom. The van der Waals surface area contributed by atoms with Crippen molar-refractivity contribution < 1.29 is 5.11 Å². The fourth-order valence-electron chi connectivity index (χ4n) is 3.06. The highest BCUT2D eigenvalue weighted by molar-refractivity contribution is 5.24. The van der Waals surface area contributed by atoms with Gasteiger partial charge in [0.25, 0.3) is 0 Å². The zero-order chi connectivity index (χ0) is 15.5. The van der Waals surface area contributed by atoms with Gasteiger partial charge in [-0.2, -0.15) is 0 Å². The van der Waals surface area contributed by atoms with E-state index >= 15 is 0 Å². The van der Waals surface area contributed by atoms with E-state index in [1.54, 1.807) is 0 Å². The minimum atomic E-state index is -0.619. The predicted molar refractivity (Wildman–Crippen MR) is 87.3 cm³/mol. The molecule has 0 amide bonds. The number of piperazine rings is 1. The van der Waals surface area contributed by atoms with Crippen molar-refractivity contribution in [2.75, 3.05) is 39.3 Å². The maximum atomic E-state index is 9.92. The molecule has 0 spiro atoms. The topological polar surface area (TPSA) is 52.7 Å². The number of nitrogens with zero attached hydrogens (tertiary/aromatic N) is 2. The molecule has 0 aromatic heterocycles. The second kappa shape index (κ2) is 6.88. The molecule has 1 saturated heterocycles. The van der Waals surface area contributed by atoms with Crippen LogP contribution in [0, 0.1) is 6.92 Å². The maximum Gasteiger partial charge on any atom is 0.0718 e. The fraction of sp³-hybridized carbons (Fsp3) is 0.647. The first-order chi connectivity index (χ1) is 9.89. The van der Waals surface area contributed by atoms with Crippen molar-refractivity contribution in [1.82, 2.24) is 9.80 Å². The summed E-state index contributed by atoms with van der Waals surface area (Å²) in [6.45, 7) is 11.2. The average Bonchev–Trinajstić information content (AvgIpc) is 2.42. The second-order valence-corrected chi connectivity index (χ2v) is 6.79. The molecular weight excluding hydrogens is 262 g/mol. The Kier molecular flexibility index (Phi) is 5.38. The van der Waals surface area contributed by atoms with Gasteiger partial charge in [0.05, 0.1) is 5.60 Å². The quantitative estimate of drug-likeness (QED) is 0.861. The SMILES string of the molecule is Cc1ccc(C(CN)N2CCN(CC(C)(C)O)CC2)cc1. The summed E-state index contributed by atoms with van der Waals surface area (Å²) in [5.74, 6) is 0. The van der Waals surface area contributed by atoms with Crippen LogP contribution >= 0.6 is 0 Å². The molecule has 118 valence electrons. The third-order valence-corrected chi connectivity index (χ3v) is 4.14. The molecule has 1 aliphatic heterocycles. The first-order valence-electron chi connectivity index (χ1n) is 7.84. The lowest BCUT2D eigenvalue weighted by Crippen LogP contribution is -2.52. The van der Waals surface area contributed by atoms with Crippen LogP contribution < -0.4 is 5.73 Å². The standard InChI is InChI=1S/C17H29N3O/c1-14-4-6-15(7-5-14)16(12-18)20-10-8-19(9-11-20)13-17(2,3)21/h4-7,16,21H,8-13,18H2,1-3H3. The summed E-state index contributed by atoms with van der Waals surface area (Å²) in [5, 5.41) is 9.92. The van der Waals surface area contributed by atoms with Crippen molar-refractivity contribution in [3.05, 3.63) is 35.4 Å². The Balaban J connectivity index is 1.95. The van der Waals surface area contributed by atoms with Gasteiger partial charge < -0.3 is 10.8 Å². The van der Waals surface area contributed by atoms with Gasteiger partial charge in [0.1, 0.15) is 0 Å². The molecule has 1 aliphatic rings. The molecule has 1 aromatic carbocycles. The molecule has 1 atom stereocenters. The summed E-state index contributed by atoms with van der Waals surface area (Å²) in [4.78, 5) is 4.80. The van der Waals surface area contributed by atoms with E-state index in [4.69, 9.17) is 5.73 Å². The van der Waals surface area contributed by atoms with E-state index in [0.717, 1.165) is 32.7 Å². The Bertz CT molecular complexity index is 430. The number of nitrogens with two attached hydrogens (primary N) is 1. The van der Waals surface area contributed by atoms with E-state index in [9.17, 15) is 5.11 Å². The van der Waals surface area contributed by atoms with E-state index in [1.807, 2.05) is 13.8 Å². The number of aryl methyl sites for hydroxylation is 1. The minimum absolute atomic E-state index is 0.301. The van der Waals surface area contributed by atoms with Gasteiger partial charge in [-0.3, -0.25) is 9.80 Å². The van der Waals surface area contributed by atoms with E-state index in [2.05, 4.69) is 41.0 Å². The molecule has 1 heterocycles. The molecular formula is C17H29N3O. The van der Waals surface area contributed by atoms with Crippen LogP contribution in [0.3, 0.4) is 0 Å². The van der Waals surface area contributed by atoms with Crippen LogP contribution in [0.5, 0.6) is 0 Å². The molecule has 2 rings (SSSR count). The van der Waals surface area contributed by atoms with Crippen molar-refractivity contribution in [2.24, 2.45) is 5.73 Å². The summed E-state index contributed by atoms with van der Waals surface area (Å²) in [6, 6.07) is 8.99. The Morgan fingerprint density at radius 2 is 1.71 bits per heavy atom. The van der Waals surface area contributed by atoms with Gasteiger partial charge in [-0.05, 0) is 26.3 Å². The summed E-state index contributed by atoms with van der Waals surface area (Å²) in [5.41, 5.74) is 7.98. The Labute approximate surface area is 128 Å². The van der Waals surface area contributed by atoms with Gasteiger partial charge in [0.15, 0.2) is 0 Å². The summed E-state index contributed by atoms with van der Waals surface area (Å²) in [6.07, 6.45) is 0. The molecule has 1 unspecified atom stereocenters. The smallest absolute Gasteiger partial charge is 0.0718 e. The summed E-state index contributed by atoms with van der Waals surface area (Å²) >= 11 is 0. The molecule has 3 N–H and O–H groups in total. The highest BCUT2D eigenvalue weighted by Gasteiger charge is 2.26. The van der Waals surface area contributed by atoms with Gasteiger partial charge in [0, 0.05) is 45.3 Å². The maximum absolute atomic E-state index is 9.92. The number of benzene rings is 1. The van der Waals surface area contributed by atoms with E-state index in [-0.39, 0.29) is 0 Å². The monoisotopic (exact) mass is 291 g/mol. The average molecular weight is 291 g/mol. The first kappa shape index (κ1) is 16.4. The molecule has 4 heteroatoms. The predicted octanol–water partition coefficient (Wildman–Crippen LogP) is 1.38. The van der Waals surface area contributed by atoms with Crippen LogP contribution in [0.1, 0.15) is 31.0 Å². The molecule has 0 saturated carbocycles. The lowest BCUT2D eigenvalue weighted by molar-refractivity contribution is 0.0113. The van der Waals surface area contributed by atoms with Crippen molar-refractivity contribution in [1.29, 1.82) is 0 Å². The number of aliphatic hydroxyl groups is 1. The van der Waals surface area contributed by atoms with E-state index < -0.39 is 5.60 Å². The van der Waals surface area contributed by atoms with Crippen LogP contribution in [-0.4, -0.2) is 59.8 Å². The fourth-order valence-corrected chi connectivity index (χ4v) is 3.06. The van der Waals surface area contributed by atoms with Crippen LogP contribution in [0.2, 0.25) is 0 Å². The zero-order valence-corrected chi connectivity index (χ0v) is 13.5. The highest BCUT2D eigenvalue weighted by atomic mass is 16.3. The number of β-amino-alcohol motifs (C(OH)–C–C–N with tert-alkyl or cyclic N) is 1. The second-order valence-electron chi connectivity index (χ2n) is 6.79. The molecule has 1 fully saturated rings. The van der Waals surface area contributed by atoms with E-state index in [1.165, 1.54) is 11.1 Å². The highest BCUT2D eigenvalue weighted by Crippen LogP contribution is 2.22. The van der Waals surface area contributed by atoms with Gasteiger partial charge in [0.2, 0.25) is 0 Å². The number of hydrogen-bond acceptors (Lipinski definition) is 4. The zero-order valence-electron chi connectivity index (χ0n) is 13.5. The third kappa shape index (κ3) is 4.78. The molecule has 0 bridgehead atoms. The molecule has 0 radical (unpaired) electrons. The number of hydrogen-bond donors (Lipinski definition) is 2. The van der Waals surface area contributed by atoms with Crippen LogP contribution in [-0.2, 0) is 0 Å². The van der Waals surface area contributed by atoms with Crippen LogP contribution in [0.25, 0.3) is 0 Å². The molecule has 1 aromatic rings. The lowest BCUT2D eigenvalue weighted by atomic mass is 10.0. The first-order valence-corrected chi connectivity index (χ1v) is 7.84. The van der Waals surface area contributed by atoms with Crippen LogP contribution in [0.4, 0.5) is 0 Å². The van der Waals surface area contributed by atoms with Crippen molar-refractivity contribution in [3.63, 3.8) is 0 Å².